The van der Waals surface area contributed by atoms with E-state index in [1.807, 2.05) is 0 Å². The van der Waals surface area contributed by atoms with Crippen molar-refractivity contribution in [2.75, 3.05) is 0 Å². The maximum absolute atomic E-state index is 9.48. The fourth-order valence-electron chi connectivity index (χ4n) is 3.94. The molecule has 17 heavy (non-hydrogen) atoms. The zero-order valence-corrected chi connectivity index (χ0v) is 10.4. The molecule has 4 aliphatic heterocycles. The quantitative estimate of drug-likeness (QED) is 0.627. The minimum Gasteiger partial charge on any atom is -0.198 e. The summed E-state index contributed by atoms with van der Waals surface area (Å²) in [5.41, 5.74) is 0. The molecule has 2 saturated carbocycles. The molecule has 0 radical (unpaired) electrons. The largest absolute Gasteiger partial charge is 0.198 e. The van der Waals surface area contributed by atoms with Gasteiger partial charge in [-0.05, 0) is 63.2 Å². The lowest BCUT2D eigenvalue weighted by molar-refractivity contribution is 0.181. The number of azo groups is 1. The second-order valence-corrected chi connectivity index (χ2v) is 6.02. The Balaban J connectivity index is 1.85. The van der Waals surface area contributed by atoms with Crippen molar-refractivity contribution >= 4 is 0 Å². The van der Waals surface area contributed by atoms with Crippen LogP contribution >= 0.6 is 0 Å². The van der Waals surface area contributed by atoms with Gasteiger partial charge in [0.25, 0.3) is 0 Å². The third kappa shape index (κ3) is 2.22. The zero-order chi connectivity index (χ0) is 11.7. The average molecular weight is 231 g/mol. The van der Waals surface area contributed by atoms with Crippen LogP contribution < -0.4 is 0 Å². The number of nitrogens with zero attached hydrogens (tertiary/aromatic N) is 3. The molecule has 0 aromatic rings. The summed E-state index contributed by atoms with van der Waals surface area (Å²) in [6, 6.07) is 3.55. The molecule has 0 saturated heterocycles. The van der Waals surface area contributed by atoms with E-state index in [0.717, 1.165) is 25.7 Å². The molecular formula is C14H21N3. The monoisotopic (exact) mass is 231 g/mol. The van der Waals surface area contributed by atoms with Gasteiger partial charge in [-0.2, -0.15) is 15.5 Å². The first-order chi connectivity index (χ1) is 8.36. The summed E-state index contributed by atoms with van der Waals surface area (Å²) in [4.78, 5) is 0. The van der Waals surface area contributed by atoms with Gasteiger partial charge in [0.05, 0.1) is 24.1 Å². The first-order valence-electron chi connectivity index (χ1n) is 7.16. The number of hydrogen-bond donors (Lipinski definition) is 0. The SMILES string of the molecule is N#CC1C2CCC(CC2)N=NC2CCC1CC2. The van der Waals surface area contributed by atoms with E-state index in [1.54, 1.807) is 0 Å². The van der Waals surface area contributed by atoms with E-state index in [1.165, 1.54) is 25.7 Å². The topological polar surface area (TPSA) is 48.5 Å². The van der Waals surface area contributed by atoms with Crippen LogP contribution in [-0.2, 0) is 0 Å². The van der Waals surface area contributed by atoms with Crippen molar-refractivity contribution in [2.45, 2.75) is 63.5 Å². The van der Waals surface area contributed by atoms with Gasteiger partial charge in [-0.3, -0.25) is 0 Å². The van der Waals surface area contributed by atoms with Gasteiger partial charge in [0.15, 0.2) is 0 Å². The molecule has 0 spiro atoms. The molecule has 0 amide bonds. The molecule has 4 heterocycles. The molecule has 0 aromatic carbocycles. The lowest BCUT2D eigenvalue weighted by atomic mass is 9.69. The first-order valence-corrected chi connectivity index (χ1v) is 7.16. The van der Waals surface area contributed by atoms with Crippen molar-refractivity contribution in [3.05, 3.63) is 0 Å². The zero-order valence-electron chi connectivity index (χ0n) is 10.4. The molecule has 3 nitrogen and oxygen atoms in total. The summed E-state index contributed by atoms with van der Waals surface area (Å²) in [6.45, 7) is 0. The van der Waals surface area contributed by atoms with Gasteiger partial charge >= 0.3 is 0 Å². The molecule has 92 valence electrons. The molecule has 0 atom stereocenters. The summed E-state index contributed by atoms with van der Waals surface area (Å²) >= 11 is 0. The van der Waals surface area contributed by atoms with Crippen LogP contribution in [0.2, 0.25) is 0 Å². The van der Waals surface area contributed by atoms with E-state index in [0.29, 0.717) is 29.8 Å². The molecule has 0 N–H and O–H groups in total. The average Bonchev–Trinajstić information content (AvgIpc) is 2.47. The summed E-state index contributed by atoms with van der Waals surface area (Å²) in [5, 5.41) is 18.6. The van der Waals surface area contributed by atoms with E-state index in [9.17, 15) is 5.26 Å². The third-order valence-corrected chi connectivity index (χ3v) is 5.04. The Hall–Kier alpha value is -0.910. The summed E-state index contributed by atoms with van der Waals surface area (Å²) in [7, 11) is 0. The Morgan fingerprint density at radius 2 is 1.12 bits per heavy atom. The van der Waals surface area contributed by atoms with Gasteiger partial charge in [0, 0.05) is 0 Å². The summed E-state index contributed by atoms with van der Waals surface area (Å²) in [6.07, 6.45) is 9.42. The van der Waals surface area contributed by atoms with Crippen molar-refractivity contribution in [3.8, 4) is 6.07 Å². The van der Waals surface area contributed by atoms with E-state index in [-0.39, 0.29) is 0 Å². The van der Waals surface area contributed by atoms with Crippen LogP contribution in [0.1, 0.15) is 51.4 Å². The maximum Gasteiger partial charge on any atom is 0.0708 e. The standard InChI is InChI=1S/C14H21N3/c15-9-14-10-1-5-12(6-2-10)16-17-13-7-3-11(14)4-8-13/h10-14H,1-8H2. The fraction of sp³-hybridized carbons (Fsp3) is 0.929. The molecule has 4 bridgehead atoms. The highest BCUT2D eigenvalue weighted by Gasteiger charge is 2.36. The maximum atomic E-state index is 9.48. The number of rotatable bonds is 0. The number of nitriles is 1. The van der Waals surface area contributed by atoms with E-state index in [2.05, 4.69) is 16.3 Å². The predicted molar refractivity (Wildman–Crippen MR) is 65.5 cm³/mol. The van der Waals surface area contributed by atoms with Crippen molar-refractivity contribution in [1.29, 1.82) is 5.26 Å². The van der Waals surface area contributed by atoms with E-state index in [4.69, 9.17) is 0 Å². The smallest absolute Gasteiger partial charge is 0.0708 e. The molecule has 2 aliphatic carbocycles. The molecule has 3 heteroatoms. The lowest BCUT2D eigenvalue weighted by Gasteiger charge is -2.34. The second kappa shape index (κ2) is 4.76. The lowest BCUT2D eigenvalue weighted by Crippen LogP contribution is -2.29. The van der Waals surface area contributed by atoms with Crippen LogP contribution in [0.25, 0.3) is 0 Å². The Bertz CT molecular complexity index is 302. The van der Waals surface area contributed by atoms with Gasteiger partial charge in [0.2, 0.25) is 0 Å². The highest BCUT2D eigenvalue weighted by molar-refractivity contribution is 4.97. The van der Waals surface area contributed by atoms with E-state index >= 15 is 0 Å². The molecular weight excluding hydrogens is 210 g/mol. The Morgan fingerprint density at radius 3 is 1.47 bits per heavy atom. The van der Waals surface area contributed by atoms with Crippen LogP contribution in [0.3, 0.4) is 0 Å². The van der Waals surface area contributed by atoms with Crippen molar-refractivity contribution < 1.29 is 0 Å². The molecule has 6 rings (SSSR count). The van der Waals surface area contributed by atoms with Crippen molar-refractivity contribution in [3.63, 3.8) is 0 Å². The normalized spacial score (nSPS) is 45.2. The van der Waals surface area contributed by atoms with Gasteiger partial charge < -0.3 is 0 Å². The van der Waals surface area contributed by atoms with Gasteiger partial charge in [-0.25, -0.2) is 0 Å². The summed E-state index contributed by atoms with van der Waals surface area (Å²) < 4.78 is 0. The number of hydrogen-bond acceptors (Lipinski definition) is 3. The minimum absolute atomic E-state index is 0.315. The fourth-order valence-corrected chi connectivity index (χ4v) is 3.94. The van der Waals surface area contributed by atoms with Crippen molar-refractivity contribution in [1.82, 2.24) is 0 Å². The van der Waals surface area contributed by atoms with Crippen LogP contribution in [0.15, 0.2) is 10.2 Å². The van der Waals surface area contributed by atoms with Crippen LogP contribution in [0, 0.1) is 29.1 Å². The molecule has 6 aliphatic rings. The summed E-state index contributed by atoms with van der Waals surface area (Å²) in [5.74, 6) is 1.60. The van der Waals surface area contributed by atoms with Crippen LogP contribution in [0.5, 0.6) is 0 Å². The third-order valence-electron chi connectivity index (χ3n) is 5.04. The highest BCUT2D eigenvalue weighted by atomic mass is 15.1. The van der Waals surface area contributed by atoms with Crippen molar-refractivity contribution in [2.24, 2.45) is 28.0 Å². The van der Waals surface area contributed by atoms with Crippen LogP contribution in [0.4, 0.5) is 0 Å². The molecule has 0 unspecified atom stereocenters. The van der Waals surface area contributed by atoms with E-state index < -0.39 is 0 Å². The predicted octanol–water partition coefficient (Wildman–Crippen LogP) is 3.71. The highest BCUT2D eigenvalue weighted by Crippen LogP contribution is 2.41. The molecule has 2 fully saturated rings. The van der Waals surface area contributed by atoms with Gasteiger partial charge in [0.1, 0.15) is 0 Å². The van der Waals surface area contributed by atoms with Gasteiger partial charge in [-0.15, -0.1) is 0 Å². The van der Waals surface area contributed by atoms with Crippen LogP contribution in [-0.4, -0.2) is 12.1 Å². The Labute approximate surface area is 103 Å². The Morgan fingerprint density at radius 1 is 0.706 bits per heavy atom. The van der Waals surface area contributed by atoms with Gasteiger partial charge in [-0.1, -0.05) is 0 Å². The Kier molecular flexibility index (Phi) is 3.13. The molecule has 0 aromatic heterocycles. The second-order valence-electron chi connectivity index (χ2n) is 6.02. The minimum atomic E-state index is 0.315. The first kappa shape index (κ1) is 11.2.